The van der Waals surface area contributed by atoms with Gasteiger partial charge in [0.1, 0.15) is 10.8 Å². The van der Waals surface area contributed by atoms with E-state index in [1.165, 1.54) is 0 Å². The minimum Gasteiger partial charge on any atom is -0.496 e. The number of hydrogen-bond donors (Lipinski definition) is 1. The molecule has 5 heteroatoms. The smallest absolute Gasteiger partial charge is 0.123 e. The predicted molar refractivity (Wildman–Crippen MR) is 82.8 cm³/mol. The lowest BCUT2D eigenvalue weighted by atomic mass is 10.2. The maximum atomic E-state index is 5.37. The third-order valence-corrected chi connectivity index (χ3v) is 4.49. The summed E-state index contributed by atoms with van der Waals surface area (Å²) in [6.45, 7) is 4.90. The highest BCUT2D eigenvalue weighted by atomic mass is 79.9. The molecule has 1 atom stereocenters. The van der Waals surface area contributed by atoms with Crippen LogP contribution in [0.4, 0.5) is 0 Å². The van der Waals surface area contributed by atoms with Crippen LogP contribution in [-0.2, 0) is 6.54 Å². The van der Waals surface area contributed by atoms with E-state index in [9.17, 15) is 0 Å². The van der Waals surface area contributed by atoms with E-state index in [-0.39, 0.29) is 6.04 Å². The highest BCUT2D eigenvalue weighted by Gasteiger charge is 2.10. The molecule has 0 saturated heterocycles. The van der Waals surface area contributed by atoms with Crippen molar-refractivity contribution in [2.24, 2.45) is 0 Å². The summed E-state index contributed by atoms with van der Waals surface area (Å²) in [7, 11) is 1.69. The standard InChI is InChI=1S/C14H17BrN2OS/c1-9-8-19-14(17-9)10(2)16-7-11-6-12(15)4-5-13(11)18-3/h4-6,8,10,16H,7H2,1-3H3. The van der Waals surface area contributed by atoms with Crippen molar-refractivity contribution in [3.8, 4) is 5.75 Å². The summed E-state index contributed by atoms with van der Waals surface area (Å²) in [4.78, 5) is 4.50. The summed E-state index contributed by atoms with van der Waals surface area (Å²) in [5.74, 6) is 0.901. The van der Waals surface area contributed by atoms with Gasteiger partial charge in [0.15, 0.2) is 0 Å². The first-order chi connectivity index (χ1) is 9.10. The molecule has 3 nitrogen and oxygen atoms in total. The number of ether oxygens (including phenoxy) is 1. The van der Waals surface area contributed by atoms with Gasteiger partial charge in [-0.3, -0.25) is 0 Å². The Morgan fingerprint density at radius 2 is 2.26 bits per heavy atom. The van der Waals surface area contributed by atoms with Crippen LogP contribution in [0.3, 0.4) is 0 Å². The Kier molecular flexibility index (Phi) is 4.96. The number of aromatic nitrogens is 1. The fourth-order valence-electron chi connectivity index (χ4n) is 1.81. The quantitative estimate of drug-likeness (QED) is 0.890. The van der Waals surface area contributed by atoms with E-state index in [4.69, 9.17) is 4.74 Å². The number of aryl methyl sites for hydroxylation is 1. The van der Waals surface area contributed by atoms with Crippen LogP contribution in [0, 0.1) is 6.92 Å². The Hall–Kier alpha value is -0.910. The number of hydrogen-bond acceptors (Lipinski definition) is 4. The molecule has 102 valence electrons. The Balaban J connectivity index is 2.04. The first kappa shape index (κ1) is 14.5. The fraction of sp³-hybridized carbons (Fsp3) is 0.357. The monoisotopic (exact) mass is 340 g/mol. The van der Waals surface area contributed by atoms with E-state index in [1.54, 1.807) is 18.4 Å². The van der Waals surface area contributed by atoms with Gasteiger partial charge in [-0.25, -0.2) is 4.98 Å². The zero-order valence-electron chi connectivity index (χ0n) is 11.2. The molecule has 0 saturated carbocycles. The van der Waals surface area contributed by atoms with Crippen LogP contribution < -0.4 is 10.1 Å². The number of methoxy groups -OCH3 is 1. The summed E-state index contributed by atoms with van der Waals surface area (Å²) in [6, 6.07) is 6.27. The van der Waals surface area contributed by atoms with Crippen LogP contribution in [0.25, 0.3) is 0 Å². The van der Waals surface area contributed by atoms with E-state index < -0.39 is 0 Å². The van der Waals surface area contributed by atoms with E-state index >= 15 is 0 Å². The number of nitrogens with one attached hydrogen (secondary N) is 1. The molecule has 1 unspecified atom stereocenters. The predicted octanol–water partition coefficient (Wildman–Crippen LogP) is 4.07. The minimum atomic E-state index is 0.238. The molecule has 1 aromatic carbocycles. The van der Waals surface area contributed by atoms with Crippen LogP contribution in [0.1, 0.15) is 29.2 Å². The van der Waals surface area contributed by atoms with Crippen molar-refractivity contribution in [2.45, 2.75) is 26.4 Å². The van der Waals surface area contributed by atoms with Crippen LogP contribution in [-0.4, -0.2) is 12.1 Å². The van der Waals surface area contributed by atoms with Gasteiger partial charge >= 0.3 is 0 Å². The van der Waals surface area contributed by atoms with Crippen molar-refractivity contribution < 1.29 is 4.74 Å². The van der Waals surface area contributed by atoms with Gasteiger partial charge in [0.05, 0.1) is 13.2 Å². The third kappa shape index (κ3) is 3.78. The van der Waals surface area contributed by atoms with Gasteiger partial charge in [0.2, 0.25) is 0 Å². The average molecular weight is 341 g/mol. The van der Waals surface area contributed by atoms with Gasteiger partial charge in [0.25, 0.3) is 0 Å². The summed E-state index contributed by atoms with van der Waals surface area (Å²) in [5.41, 5.74) is 2.21. The van der Waals surface area contributed by atoms with Crippen molar-refractivity contribution in [1.82, 2.24) is 10.3 Å². The fourth-order valence-corrected chi connectivity index (χ4v) is 3.04. The van der Waals surface area contributed by atoms with E-state index in [0.29, 0.717) is 0 Å². The SMILES string of the molecule is COc1ccc(Br)cc1CNC(C)c1nc(C)cs1. The minimum absolute atomic E-state index is 0.238. The van der Waals surface area contributed by atoms with Gasteiger partial charge < -0.3 is 10.1 Å². The Morgan fingerprint density at radius 1 is 1.47 bits per heavy atom. The molecule has 1 N–H and O–H groups in total. The zero-order valence-corrected chi connectivity index (χ0v) is 13.6. The van der Waals surface area contributed by atoms with Gasteiger partial charge in [-0.05, 0) is 32.0 Å². The Labute approximate surface area is 126 Å². The zero-order chi connectivity index (χ0) is 13.8. The van der Waals surface area contributed by atoms with Crippen LogP contribution >= 0.6 is 27.3 Å². The Bertz CT molecular complexity index is 556. The number of thiazole rings is 1. The average Bonchev–Trinajstić information content (AvgIpc) is 2.83. The molecule has 0 aliphatic carbocycles. The van der Waals surface area contributed by atoms with E-state index in [0.717, 1.165) is 33.0 Å². The number of rotatable bonds is 5. The molecule has 0 aliphatic rings. The molecular formula is C14H17BrN2OS. The molecule has 0 amide bonds. The maximum absolute atomic E-state index is 5.37. The van der Waals surface area contributed by atoms with Crippen LogP contribution in [0.2, 0.25) is 0 Å². The normalized spacial score (nSPS) is 12.4. The van der Waals surface area contributed by atoms with Crippen LogP contribution in [0.15, 0.2) is 28.1 Å². The lowest BCUT2D eigenvalue weighted by Gasteiger charge is -2.14. The van der Waals surface area contributed by atoms with Gasteiger partial charge in [0, 0.05) is 27.7 Å². The van der Waals surface area contributed by atoms with Gasteiger partial charge in [-0.1, -0.05) is 15.9 Å². The van der Waals surface area contributed by atoms with Crippen molar-refractivity contribution in [3.05, 3.63) is 44.3 Å². The second kappa shape index (κ2) is 6.50. The molecule has 0 spiro atoms. The molecule has 0 radical (unpaired) electrons. The summed E-state index contributed by atoms with van der Waals surface area (Å²) >= 11 is 5.18. The van der Waals surface area contributed by atoms with Gasteiger partial charge in [-0.2, -0.15) is 0 Å². The molecule has 2 rings (SSSR count). The third-order valence-electron chi connectivity index (χ3n) is 2.85. The first-order valence-corrected chi connectivity index (χ1v) is 7.75. The van der Waals surface area contributed by atoms with E-state index in [1.807, 2.05) is 19.1 Å². The van der Waals surface area contributed by atoms with Crippen molar-refractivity contribution in [1.29, 1.82) is 0 Å². The molecule has 19 heavy (non-hydrogen) atoms. The molecule has 1 heterocycles. The number of halogens is 1. The van der Waals surface area contributed by atoms with Crippen LogP contribution in [0.5, 0.6) is 5.75 Å². The summed E-state index contributed by atoms with van der Waals surface area (Å²) in [5, 5.41) is 6.67. The Morgan fingerprint density at radius 3 is 2.89 bits per heavy atom. The van der Waals surface area contributed by atoms with Crippen molar-refractivity contribution >= 4 is 27.3 Å². The largest absolute Gasteiger partial charge is 0.496 e. The van der Waals surface area contributed by atoms with Crippen molar-refractivity contribution in [3.63, 3.8) is 0 Å². The summed E-state index contributed by atoms with van der Waals surface area (Å²) in [6.07, 6.45) is 0. The lowest BCUT2D eigenvalue weighted by Crippen LogP contribution is -2.18. The van der Waals surface area contributed by atoms with Gasteiger partial charge in [-0.15, -0.1) is 11.3 Å². The molecule has 0 bridgehead atoms. The lowest BCUT2D eigenvalue weighted by molar-refractivity contribution is 0.406. The second-order valence-corrected chi connectivity index (χ2v) is 6.19. The molecule has 0 fully saturated rings. The first-order valence-electron chi connectivity index (χ1n) is 6.08. The molecular weight excluding hydrogens is 324 g/mol. The molecule has 2 aromatic rings. The second-order valence-electron chi connectivity index (χ2n) is 4.39. The molecule has 1 aromatic heterocycles. The topological polar surface area (TPSA) is 34.1 Å². The number of nitrogens with zero attached hydrogens (tertiary/aromatic N) is 1. The maximum Gasteiger partial charge on any atom is 0.123 e. The number of benzene rings is 1. The van der Waals surface area contributed by atoms with Crippen molar-refractivity contribution in [2.75, 3.05) is 7.11 Å². The highest BCUT2D eigenvalue weighted by Crippen LogP contribution is 2.24. The summed E-state index contributed by atoms with van der Waals surface area (Å²) < 4.78 is 6.43. The highest BCUT2D eigenvalue weighted by molar-refractivity contribution is 9.10. The molecule has 0 aliphatic heterocycles. The van der Waals surface area contributed by atoms with E-state index in [2.05, 4.69) is 44.6 Å².